The van der Waals surface area contributed by atoms with Crippen LogP contribution in [0.2, 0.25) is 0 Å². The van der Waals surface area contributed by atoms with Crippen LogP contribution in [0.15, 0.2) is 47.4 Å². The topological polar surface area (TPSA) is 72.2 Å². The summed E-state index contributed by atoms with van der Waals surface area (Å²) < 4.78 is 40.6. The molecule has 0 saturated heterocycles. The molecule has 0 amide bonds. The van der Waals surface area contributed by atoms with Crippen molar-refractivity contribution in [2.24, 2.45) is 0 Å². The molecular formula is C12H10FIN2O2S. The van der Waals surface area contributed by atoms with Crippen molar-refractivity contribution >= 4 is 44.0 Å². The van der Waals surface area contributed by atoms with E-state index >= 15 is 0 Å². The van der Waals surface area contributed by atoms with Crippen LogP contribution in [0.1, 0.15) is 0 Å². The van der Waals surface area contributed by atoms with Gasteiger partial charge in [0.2, 0.25) is 0 Å². The summed E-state index contributed by atoms with van der Waals surface area (Å²) >= 11 is 2.00. The average molecular weight is 392 g/mol. The van der Waals surface area contributed by atoms with Crippen LogP contribution in [0.25, 0.3) is 0 Å². The number of hydrogen-bond acceptors (Lipinski definition) is 3. The van der Waals surface area contributed by atoms with Crippen molar-refractivity contribution in [2.75, 3.05) is 10.5 Å². The van der Waals surface area contributed by atoms with Gasteiger partial charge >= 0.3 is 0 Å². The number of benzene rings is 2. The van der Waals surface area contributed by atoms with E-state index in [4.69, 9.17) is 5.73 Å². The molecule has 3 N–H and O–H groups in total. The summed E-state index contributed by atoms with van der Waals surface area (Å²) in [6, 6.07) is 10.1. The zero-order chi connectivity index (χ0) is 14.0. The lowest BCUT2D eigenvalue weighted by Crippen LogP contribution is -2.15. The van der Waals surface area contributed by atoms with Gasteiger partial charge in [-0.3, -0.25) is 4.72 Å². The van der Waals surface area contributed by atoms with E-state index in [1.807, 2.05) is 22.6 Å². The maximum atomic E-state index is 13.1. The first-order valence-corrected chi connectivity index (χ1v) is 7.79. The molecule has 0 saturated carbocycles. The molecule has 0 bridgehead atoms. The lowest BCUT2D eigenvalue weighted by molar-refractivity contribution is 0.596. The van der Waals surface area contributed by atoms with Gasteiger partial charge in [-0.05, 0) is 52.9 Å². The number of para-hydroxylation sites is 1. The summed E-state index contributed by atoms with van der Waals surface area (Å²) in [5, 5.41) is 0. The monoisotopic (exact) mass is 392 g/mol. The Kier molecular flexibility index (Phi) is 3.95. The van der Waals surface area contributed by atoms with Crippen LogP contribution in [0.4, 0.5) is 15.8 Å². The number of hydrogen-bond donors (Lipinski definition) is 2. The Morgan fingerprint density at radius 3 is 2.53 bits per heavy atom. The Hall–Kier alpha value is -1.35. The maximum absolute atomic E-state index is 13.1. The molecule has 2 aromatic rings. The molecule has 4 nitrogen and oxygen atoms in total. The fourth-order valence-corrected chi connectivity index (χ4v) is 3.41. The van der Waals surface area contributed by atoms with Gasteiger partial charge in [-0.15, -0.1) is 0 Å². The number of nitrogen functional groups attached to an aromatic ring is 1. The molecule has 100 valence electrons. The van der Waals surface area contributed by atoms with Gasteiger partial charge in [0, 0.05) is 3.57 Å². The second-order valence-corrected chi connectivity index (χ2v) is 6.58. The molecule has 0 radical (unpaired) electrons. The third-order valence-corrected chi connectivity index (χ3v) is 4.75. The number of nitrogens with one attached hydrogen (secondary N) is 1. The first-order chi connectivity index (χ1) is 8.90. The van der Waals surface area contributed by atoms with E-state index in [1.165, 1.54) is 6.07 Å². The molecule has 0 spiro atoms. The molecule has 19 heavy (non-hydrogen) atoms. The summed E-state index contributed by atoms with van der Waals surface area (Å²) in [7, 11) is -3.91. The normalized spacial score (nSPS) is 11.3. The van der Waals surface area contributed by atoms with E-state index in [-0.39, 0.29) is 10.6 Å². The highest BCUT2D eigenvalue weighted by Crippen LogP contribution is 2.24. The summed E-state index contributed by atoms with van der Waals surface area (Å²) in [4.78, 5) is -0.271. The van der Waals surface area contributed by atoms with Crippen molar-refractivity contribution in [1.29, 1.82) is 0 Å². The molecular weight excluding hydrogens is 382 g/mol. The van der Waals surface area contributed by atoms with E-state index in [2.05, 4.69) is 4.72 Å². The van der Waals surface area contributed by atoms with Crippen LogP contribution in [0.5, 0.6) is 0 Å². The van der Waals surface area contributed by atoms with Gasteiger partial charge in [0.25, 0.3) is 10.0 Å². The largest absolute Gasteiger partial charge is 0.398 e. The van der Waals surface area contributed by atoms with Crippen molar-refractivity contribution in [2.45, 2.75) is 4.90 Å². The first kappa shape index (κ1) is 14.1. The standard InChI is InChI=1S/C12H10FIN2O2S/c13-8-5-6-10(15)12(7-8)19(17,18)16-11-4-2-1-3-9(11)14/h1-7,16H,15H2. The predicted octanol–water partition coefficient (Wildman–Crippen LogP) is 2.81. The lowest BCUT2D eigenvalue weighted by Gasteiger charge is -2.11. The molecule has 0 aromatic heterocycles. The zero-order valence-electron chi connectivity index (χ0n) is 9.60. The second-order valence-electron chi connectivity index (χ2n) is 3.77. The second kappa shape index (κ2) is 5.33. The minimum atomic E-state index is -3.91. The quantitative estimate of drug-likeness (QED) is 0.624. The van der Waals surface area contributed by atoms with E-state index < -0.39 is 15.8 Å². The van der Waals surface area contributed by atoms with Crippen LogP contribution in [-0.2, 0) is 10.0 Å². The summed E-state index contributed by atoms with van der Waals surface area (Å²) in [6.45, 7) is 0. The molecule has 2 aromatic carbocycles. The molecule has 0 fully saturated rings. The number of halogens is 2. The van der Waals surface area contributed by atoms with Gasteiger partial charge in [0.1, 0.15) is 10.7 Å². The van der Waals surface area contributed by atoms with E-state index in [9.17, 15) is 12.8 Å². The SMILES string of the molecule is Nc1ccc(F)cc1S(=O)(=O)Nc1ccccc1I. The summed E-state index contributed by atoms with van der Waals surface area (Å²) in [5.41, 5.74) is 6.00. The molecule has 0 aliphatic carbocycles. The Labute approximate surface area is 124 Å². The molecule has 0 unspecified atom stereocenters. The van der Waals surface area contributed by atoms with Crippen molar-refractivity contribution in [3.63, 3.8) is 0 Å². The van der Waals surface area contributed by atoms with Crippen LogP contribution in [0.3, 0.4) is 0 Å². The minimum absolute atomic E-state index is 0.000149. The van der Waals surface area contributed by atoms with Crippen LogP contribution in [-0.4, -0.2) is 8.42 Å². The molecule has 2 rings (SSSR count). The predicted molar refractivity (Wildman–Crippen MR) is 80.8 cm³/mol. The van der Waals surface area contributed by atoms with E-state index in [0.29, 0.717) is 5.69 Å². The first-order valence-electron chi connectivity index (χ1n) is 5.22. The third-order valence-electron chi connectivity index (χ3n) is 2.38. The van der Waals surface area contributed by atoms with Gasteiger partial charge in [-0.1, -0.05) is 12.1 Å². The third kappa shape index (κ3) is 3.16. The molecule has 7 heteroatoms. The number of sulfonamides is 1. The number of rotatable bonds is 3. The molecule has 0 aliphatic heterocycles. The zero-order valence-corrected chi connectivity index (χ0v) is 12.6. The Balaban J connectivity index is 2.44. The van der Waals surface area contributed by atoms with Crippen molar-refractivity contribution in [3.8, 4) is 0 Å². The fraction of sp³-hybridized carbons (Fsp3) is 0. The van der Waals surface area contributed by atoms with Crippen molar-refractivity contribution < 1.29 is 12.8 Å². The Morgan fingerprint density at radius 2 is 1.84 bits per heavy atom. The maximum Gasteiger partial charge on any atom is 0.264 e. The molecule has 0 aliphatic rings. The highest BCUT2D eigenvalue weighted by Gasteiger charge is 2.19. The Bertz CT molecular complexity index is 719. The van der Waals surface area contributed by atoms with E-state index in [0.717, 1.165) is 15.7 Å². The van der Waals surface area contributed by atoms with Gasteiger partial charge in [-0.25, -0.2) is 12.8 Å². The molecule has 0 heterocycles. The highest BCUT2D eigenvalue weighted by atomic mass is 127. The van der Waals surface area contributed by atoms with Crippen LogP contribution < -0.4 is 10.5 Å². The number of anilines is 2. The van der Waals surface area contributed by atoms with Gasteiger partial charge in [0.15, 0.2) is 0 Å². The molecule has 0 atom stereocenters. The lowest BCUT2D eigenvalue weighted by atomic mass is 10.3. The van der Waals surface area contributed by atoms with Gasteiger partial charge in [0.05, 0.1) is 11.4 Å². The smallest absolute Gasteiger partial charge is 0.264 e. The highest BCUT2D eigenvalue weighted by molar-refractivity contribution is 14.1. The Morgan fingerprint density at radius 1 is 1.16 bits per heavy atom. The van der Waals surface area contributed by atoms with E-state index in [1.54, 1.807) is 24.3 Å². The van der Waals surface area contributed by atoms with Crippen LogP contribution >= 0.6 is 22.6 Å². The van der Waals surface area contributed by atoms with Gasteiger partial charge in [-0.2, -0.15) is 0 Å². The van der Waals surface area contributed by atoms with Crippen LogP contribution in [0, 0.1) is 9.39 Å². The summed E-state index contributed by atoms with van der Waals surface area (Å²) in [6.07, 6.45) is 0. The average Bonchev–Trinajstić information content (AvgIpc) is 2.35. The summed E-state index contributed by atoms with van der Waals surface area (Å²) in [5.74, 6) is -0.655. The minimum Gasteiger partial charge on any atom is -0.398 e. The van der Waals surface area contributed by atoms with Crippen molar-refractivity contribution in [1.82, 2.24) is 0 Å². The van der Waals surface area contributed by atoms with Crippen molar-refractivity contribution in [3.05, 3.63) is 51.9 Å². The van der Waals surface area contributed by atoms with Gasteiger partial charge < -0.3 is 5.73 Å². The fourth-order valence-electron chi connectivity index (χ4n) is 1.48. The number of nitrogens with two attached hydrogens (primary N) is 1.